The molecule has 0 unspecified atom stereocenters. The highest BCUT2D eigenvalue weighted by Gasteiger charge is 2.34. The smallest absolute Gasteiger partial charge is 0.419 e. The number of rotatable bonds is 5. The van der Waals surface area contributed by atoms with Crippen molar-refractivity contribution >= 4 is 23.6 Å². The molecule has 0 saturated heterocycles. The van der Waals surface area contributed by atoms with Crippen molar-refractivity contribution in [1.29, 1.82) is 0 Å². The van der Waals surface area contributed by atoms with E-state index in [9.17, 15) is 31.9 Å². The maximum Gasteiger partial charge on any atom is 0.419 e. The zero-order chi connectivity index (χ0) is 27.5. The third kappa shape index (κ3) is 7.43. The Hall–Kier alpha value is -3.63. The van der Waals surface area contributed by atoms with Gasteiger partial charge in [-0.3, -0.25) is 9.59 Å². The summed E-state index contributed by atoms with van der Waals surface area (Å²) in [6.07, 6.45) is -5.38. The number of nitrogens with zero attached hydrogens (tertiary/aromatic N) is 1. The van der Waals surface area contributed by atoms with Crippen LogP contribution >= 0.6 is 0 Å². The van der Waals surface area contributed by atoms with Gasteiger partial charge in [0.25, 0.3) is 0 Å². The van der Waals surface area contributed by atoms with E-state index in [4.69, 9.17) is 4.74 Å². The SMILES string of the molecule is C[C@H](NC(=O)OC(C)(C)C)C(=O)N1CCc2c(cccc2NC(=O)Cc2ccc(C(F)(F)F)c(F)c2)C1. The zero-order valence-corrected chi connectivity index (χ0v) is 21.0. The quantitative estimate of drug-likeness (QED) is 0.550. The molecule has 3 rings (SSSR count). The first-order valence-electron chi connectivity index (χ1n) is 11.7. The molecule has 0 spiro atoms. The molecule has 0 aromatic heterocycles. The molecule has 200 valence electrons. The lowest BCUT2D eigenvalue weighted by Crippen LogP contribution is -2.49. The number of alkyl carbamates (subject to hydrolysis) is 1. The Morgan fingerprint density at radius 2 is 1.81 bits per heavy atom. The van der Waals surface area contributed by atoms with Gasteiger partial charge in [0.05, 0.1) is 12.0 Å². The molecule has 0 aliphatic carbocycles. The summed E-state index contributed by atoms with van der Waals surface area (Å²) in [7, 11) is 0. The second kappa shape index (κ2) is 10.8. The Kier molecular flexibility index (Phi) is 8.14. The number of amides is 3. The van der Waals surface area contributed by atoms with Crippen LogP contribution in [0.5, 0.6) is 0 Å². The standard InChI is InChI=1S/C26H29F4N3O4/c1-15(31-24(36)37-25(2,3)4)23(35)33-11-10-18-17(14-33)6-5-7-21(18)32-22(34)13-16-8-9-19(20(27)12-16)26(28,29)30/h5-9,12,15H,10-11,13-14H2,1-4H3,(H,31,36)(H,32,34)/t15-/m0/s1. The molecule has 0 saturated carbocycles. The molecular formula is C26H29F4N3O4. The molecule has 1 aliphatic heterocycles. The Morgan fingerprint density at radius 1 is 1.11 bits per heavy atom. The second-order valence-electron chi connectivity index (χ2n) is 9.86. The van der Waals surface area contributed by atoms with Gasteiger partial charge >= 0.3 is 12.3 Å². The van der Waals surface area contributed by atoms with Crippen LogP contribution in [0.3, 0.4) is 0 Å². The third-order valence-corrected chi connectivity index (χ3v) is 5.66. The van der Waals surface area contributed by atoms with E-state index in [1.54, 1.807) is 44.7 Å². The summed E-state index contributed by atoms with van der Waals surface area (Å²) >= 11 is 0. The maximum atomic E-state index is 13.8. The predicted octanol–water partition coefficient (Wildman–Crippen LogP) is 4.82. The number of fused-ring (bicyclic) bond motifs is 1. The Balaban J connectivity index is 1.63. The van der Waals surface area contributed by atoms with Crippen molar-refractivity contribution in [3.63, 3.8) is 0 Å². The first-order chi connectivity index (χ1) is 17.1. The molecule has 0 bridgehead atoms. The van der Waals surface area contributed by atoms with E-state index in [0.717, 1.165) is 17.2 Å². The van der Waals surface area contributed by atoms with Gasteiger partial charge in [0.2, 0.25) is 11.8 Å². The summed E-state index contributed by atoms with van der Waals surface area (Å²) in [5, 5.41) is 5.27. The fraction of sp³-hybridized carbons (Fsp3) is 0.423. The third-order valence-electron chi connectivity index (χ3n) is 5.66. The van der Waals surface area contributed by atoms with Crippen LogP contribution in [0.1, 0.15) is 49.9 Å². The number of hydrogen-bond donors (Lipinski definition) is 2. The van der Waals surface area contributed by atoms with Crippen molar-refractivity contribution in [2.45, 2.75) is 64.9 Å². The minimum absolute atomic E-state index is 0.107. The molecule has 37 heavy (non-hydrogen) atoms. The summed E-state index contributed by atoms with van der Waals surface area (Å²) in [5.74, 6) is -2.23. The van der Waals surface area contributed by atoms with Gasteiger partial charge in [-0.2, -0.15) is 13.2 Å². The molecule has 2 aromatic carbocycles. The zero-order valence-electron chi connectivity index (χ0n) is 21.0. The van der Waals surface area contributed by atoms with Crippen molar-refractivity contribution in [2.24, 2.45) is 0 Å². The largest absolute Gasteiger partial charge is 0.444 e. The average molecular weight is 524 g/mol. The molecule has 3 amide bonds. The van der Waals surface area contributed by atoms with E-state index in [2.05, 4.69) is 10.6 Å². The van der Waals surface area contributed by atoms with Gasteiger partial charge in [0.1, 0.15) is 17.5 Å². The van der Waals surface area contributed by atoms with Crippen LogP contribution in [0.4, 0.5) is 28.0 Å². The van der Waals surface area contributed by atoms with E-state index in [-0.39, 0.29) is 24.4 Å². The number of carbonyl (C=O) groups is 3. The molecule has 2 N–H and O–H groups in total. The minimum Gasteiger partial charge on any atom is -0.444 e. The number of nitrogens with one attached hydrogen (secondary N) is 2. The van der Waals surface area contributed by atoms with Gasteiger partial charge in [0.15, 0.2) is 0 Å². The van der Waals surface area contributed by atoms with Crippen LogP contribution in [-0.4, -0.2) is 41.0 Å². The summed E-state index contributed by atoms with van der Waals surface area (Å²) < 4.78 is 57.3. The van der Waals surface area contributed by atoms with Crippen molar-refractivity contribution in [3.8, 4) is 0 Å². The molecule has 2 aromatic rings. The number of ether oxygens (including phenoxy) is 1. The van der Waals surface area contributed by atoms with Crippen LogP contribution < -0.4 is 10.6 Å². The van der Waals surface area contributed by atoms with Crippen LogP contribution in [0, 0.1) is 5.82 Å². The fourth-order valence-corrected chi connectivity index (χ4v) is 4.01. The van der Waals surface area contributed by atoms with E-state index in [1.165, 1.54) is 0 Å². The minimum atomic E-state index is -4.81. The first-order valence-corrected chi connectivity index (χ1v) is 11.7. The van der Waals surface area contributed by atoms with Gasteiger partial charge < -0.3 is 20.3 Å². The maximum absolute atomic E-state index is 13.8. The van der Waals surface area contributed by atoms with Gasteiger partial charge in [-0.25, -0.2) is 9.18 Å². The number of carbonyl (C=O) groups excluding carboxylic acids is 3. The van der Waals surface area contributed by atoms with Crippen LogP contribution in [0.2, 0.25) is 0 Å². The summed E-state index contributed by atoms with van der Waals surface area (Å²) in [5.41, 5.74) is 0.175. The molecule has 7 nitrogen and oxygen atoms in total. The van der Waals surface area contributed by atoms with Crippen molar-refractivity contribution in [3.05, 3.63) is 64.5 Å². The highest BCUT2D eigenvalue weighted by molar-refractivity contribution is 5.93. The molecule has 1 heterocycles. The fourth-order valence-electron chi connectivity index (χ4n) is 4.01. The first kappa shape index (κ1) is 27.9. The number of anilines is 1. The Labute approximate surface area is 212 Å². The number of alkyl halides is 3. The number of hydrogen-bond acceptors (Lipinski definition) is 4. The van der Waals surface area contributed by atoms with Crippen LogP contribution in [0.15, 0.2) is 36.4 Å². The molecule has 0 fully saturated rings. The Bertz CT molecular complexity index is 1190. The van der Waals surface area contributed by atoms with E-state index < -0.39 is 41.2 Å². The highest BCUT2D eigenvalue weighted by Crippen LogP contribution is 2.32. The Morgan fingerprint density at radius 3 is 2.43 bits per heavy atom. The van der Waals surface area contributed by atoms with Gasteiger partial charge in [-0.15, -0.1) is 0 Å². The topological polar surface area (TPSA) is 87.7 Å². The van der Waals surface area contributed by atoms with E-state index in [0.29, 0.717) is 30.8 Å². The highest BCUT2D eigenvalue weighted by atomic mass is 19.4. The number of halogens is 4. The van der Waals surface area contributed by atoms with Crippen molar-refractivity contribution < 1.29 is 36.7 Å². The molecule has 1 atom stereocenters. The predicted molar refractivity (Wildman–Crippen MR) is 128 cm³/mol. The van der Waals surface area contributed by atoms with E-state index >= 15 is 0 Å². The second-order valence-corrected chi connectivity index (χ2v) is 9.86. The lowest BCUT2D eigenvalue weighted by molar-refractivity contribution is -0.140. The lowest BCUT2D eigenvalue weighted by Gasteiger charge is -2.32. The van der Waals surface area contributed by atoms with Gasteiger partial charge in [0, 0.05) is 18.8 Å². The van der Waals surface area contributed by atoms with Crippen molar-refractivity contribution in [1.82, 2.24) is 10.2 Å². The van der Waals surface area contributed by atoms with Crippen LogP contribution in [-0.2, 0) is 39.9 Å². The molecule has 11 heteroatoms. The van der Waals surface area contributed by atoms with Crippen molar-refractivity contribution in [2.75, 3.05) is 11.9 Å². The molecule has 0 radical (unpaired) electrons. The number of benzene rings is 2. The van der Waals surface area contributed by atoms with Gasteiger partial charge in [-0.05, 0) is 69.0 Å². The average Bonchev–Trinajstić information content (AvgIpc) is 2.76. The molecular weight excluding hydrogens is 494 g/mol. The van der Waals surface area contributed by atoms with E-state index in [1.807, 2.05) is 6.07 Å². The monoisotopic (exact) mass is 523 g/mol. The lowest BCUT2D eigenvalue weighted by atomic mass is 9.97. The molecule has 1 aliphatic rings. The normalized spacial score (nSPS) is 14.4. The summed E-state index contributed by atoms with van der Waals surface area (Å²) in [6, 6.07) is 6.81. The summed E-state index contributed by atoms with van der Waals surface area (Å²) in [6.45, 7) is 7.35. The van der Waals surface area contributed by atoms with Gasteiger partial charge in [-0.1, -0.05) is 18.2 Å². The van der Waals surface area contributed by atoms with Crippen LogP contribution in [0.25, 0.3) is 0 Å². The summed E-state index contributed by atoms with van der Waals surface area (Å²) in [4.78, 5) is 39.0.